The molecule has 0 saturated carbocycles. The fourth-order valence-electron chi connectivity index (χ4n) is 1.92. The summed E-state index contributed by atoms with van der Waals surface area (Å²) < 4.78 is 41.5. The number of rotatable bonds is 3. The number of sulfonamides is 1. The van der Waals surface area contributed by atoms with E-state index in [1.165, 1.54) is 23.9 Å². The van der Waals surface area contributed by atoms with Crippen LogP contribution in [0, 0.1) is 5.82 Å². The van der Waals surface area contributed by atoms with Gasteiger partial charge in [0.25, 0.3) is 0 Å². The average Bonchev–Trinajstić information content (AvgIpc) is 2.30. The standard InChI is InChI=1S/C14H19FN2O4S2/c1-14(2,3)21-13(18)17-7-9(8-17)22-12-5-4-10(6-11(12)15)23(16,19)20/h4-6,9H,7-8H2,1-3H3,(H2,16,19,20). The smallest absolute Gasteiger partial charge is 0.410 e. The van der Waals surface area contributed by atoms with Crippen LogP contribution in [0.25, 0.3) is 0 Å². The summed E-state index contributed by atoms with van der Waals surface area (Å²) in [5.74, 6) is -0.641. The Morgan fingerprint density at radius 3 is 2.48 bits per heavy atom. The van der Waals surface area contributed by atoms with Crippen molar-refractivity contribution in [2.75, 3.05) is 13.1 Å². The number of thioether (sulfide) groups is 1. The molecular weight excluding hydrogens is 343 g/mol. The van der Waals surface area contributed by atoms with Crippen LogP contribution in [-0.2, 0) is 14.8 Å². The molecule has 9 heteroatoms. The zero-order valence-electron chi connectivity index (χ0n) is 13.1. The monoisotopic (exact) mass is 362 g/mol. The maximum Gasteiger partial charge on any atom is 0.410 e. The molecule has 1 aliphatic rings. The van der Waals surface area contributed by atoms with E-state index in [4.69, 9.17) is 9.88 Å². The minimum atomic E-state index is -3.92. The van der Waals surface area contributed by atoms with Gasteiger partial charge in [-0.3, -0.25) is 0 Å². The van der Waals surface area contributed by atoms with E-state index < -0.39 is 21.4 Å². The van der Waals surface area contributed by atoms with Gasteiger partial charge in [0.1, 0.15) is 11.4 Å². The van der Waals surface area contributed by atoms with Crippen LogP contribution in [0.3, 0.4) is 0 Å². The van der Waals surface area contributed by atoms with E-state index in [1.54, 1.807) is 25.7 Å². The minimum Gasteiger partial charge on any atom is -0.444 e. The first-order valence-electron chi connectivity index (χ1n) is 6.92. The van der Waals surface area contributed by atoms with Crippen LogP contribution in [-0.4, -0.2) is 43.4 Å². The van der Waals surface area contributed by atoms with Gasteiger partial charge in [-0.15, -0.1) is 11.8 Å². The second-order valence-corrected chi connectivity index (χ2v) is 9.17. The highest BCUT2D eigenvalue weighted by Gasteiger charge is 2.34. The number of hydrogen-bond acceptors (Lipinski definition) is 5. The fourth-order valence-corrected chi connectivity index (χ4v) is 3.63. The number of halogens is 1. The summed E-state index contributed by atoms with van der Waals surface area (Å²) in [5, 5.41) is 5.00. The van der Waals surface area contributed by atoms with E-state index in [1.807, 2.05) is 0 Å². The lowest BCUT2D eigenvalue weighted by atomic mass is 10.2. The van der Waals surface area contributed by atoms with Crippen LogP contribution in [0.5, 0.6) is 0 Å². The zero-order chi connectivity index (χ0) is 17.4. The zero-order valence-corrected chi connectivity index (χ0v) is 14.7. The van der Waals surface area contributed by atoms with Crippen LogP contribution in [0.1, 0.15) is 20.8 Å². The number of ether oxygens (including phenoxy) is 1. The van der Waals surface area contributed by atoms with Crippen molar-refractivity contribution in [2.24, 2.45) is 5.14 Å². The van der Waals surface area contributed by atoms with E-state index in [-0.39, 0.29) is 16.2 Å². The number of nitrogens with zero attached hydrogens (tertiary/aromatic N) is 1. The molecule has 0 aromatic heterocycles. The molecule has 23 heavy (non-hydrogen) atoms. The summed E-state index contributed by atoms with van der Waals surface area (Å²) in [4.78, 5) is 13.4. The Balaban J connectivity index is 1.92. The number of amides is 1. The van der Waals surface area contributed by atoms with Crippen LogP contribution >= 0.6 is 11.8 Å². The lowest BCUT2D eigenvalue weighted by molar-refractivity contribution is 0.0144. The molecule has 128 valence electrons. The first-order chi connectivity index (χ1) is 10.5. The molecule has 6 nitrogen and oxygen atoms in total. The maximum atomic E-state index is 13.9. The van der Waals surface area contributed by atoms with Crippen molar-refractivity contribution >= 4 is 27.9 Å². The minimum absolute atomic E-state index is 0.0392. The van der Waals surface area contributed by atoms with Crippen molar-refractivity contribution in [1.29, 1.82) is 0 Å². The summed E-state index contributed by atoms with van der Waals surface area (Å²) in [7, 11) is -3.92. The Bertz CT molecular complexity index is 710. The largest absolute Gasteiger partial charge is 0.444 e. The van der Waals surface area contributed by atoms with Crippen LogP contribution in [0.15, 0.2) is 28.0 Å². The quantitative estimate of drug-likeness (QED) is 0.890. The second kappa shape index (κ2) is 6.29. The third-order valence-electron chi connectivity index (χ3n) is 3.03. The highest BCUT2D eigenvalue weighted by atomic mass is 32.2. The van der Waals surface area contributed by atoms with Crippen molar-refractivity contribution in [1.82, 2.24) is 4.90 Å². The predicted octanol–water partition coefficient (Wildman–Crippen LogP) is 2.18. The lowest BCUT2D eigenvalue weighted by Gasteiger charge is -2.39. The van der Waals surface area contributed by atoms with Crippen LogP contribution in [0.2, 0.25) is 0 Å². The van der Waals surface area contributed by atoms with E-state index in [2.05, 4.69) is 0 Å². The van der Waals surface area contributed by atoms with E-state index in [0.717, 1.165) is 6.07 Å². The third kappa shape index (κ3) is 4.82. The molecule has 0 radical (unpaired) electrons. The molecule has 0 aliphatic carbocycles. The number of benzene rings is 1. The van der Waals surface area contributed by atoms with E-state index in [0.29, 0.717) is 18.0 Å². The molecule has 0 atom stereocenters. The number of carbonyl (C=O) groups is 1. The normalized spacial score (nSPS) is 16.1. The van der Waals surface area contributed by atoms with Crippen molar-refractivity contribution in [2.45, 2.75) is 41.4 Å². The summed E-state index contributed by atoms with van der Waals surface area (Å²) in [6, 6.07) is 3.56. The summed E-state index contributed by atoms with van der Waals surface area (Å²) in [6.45, 7) is 6.28. The van der Waals surface area contributed by atoms with Gasteiger partial charge in [-0.25, -0.2) is 22.7 Å². The molecule has 0 spiro atoms. The molecule has 1 aromatic rings. The van der Waals surface area contributed by atoms with Gasteiger partial charge in [0, 0.05) is 23.2 Å². The van der Waals surface area contributed by atoms with Gasteiger partial charge in [-0.1, -0.05) is 0 Å². The Hall–Kier alpha value is -1.32. The van der Waals surface area contributed by atoms with Crippen LogP contribution in [0.4, 0.5) is 9.18 Å². The molecule has 1 aliphatic heterocycles. The molecule has 1 amide bonds. The highest BCUT2D eigenvalue weighted by Crippen LogP contribution is 2.33. The van der Waals surface area contributed by atoms with Gasteiger partial charge in [-0.05, 0) is 39.0 Å². The van der Waals surface area contributed by atoms with E-state index in [9.17, 15) is 17.6 Å². The summed E-state index contributed by atoms with van der Waals surface area (Å²) in [6.07, 6.45) is -0.389. The van der Waals surface area contributed by atoms with Gasteiger partial charge in [0.05, 0.1) is 4.90 Å². The molecule has 1 fully saturated rings. The number of nitrogens with two attached hydrogens (primary N) is 1. The molecule has 0 unspecified atom stereocenters. The number of primary sulfonamides is 1. The maximum absolute atomic E-state index is 13.9. The molecule has 1 saturated heterocycles. The average molecular weight is 362 g/mol. The topological polar surface area (TPSA) is 89.7 Å². The SMILES string of the molecule is CC(C)(C)OC(=O)N1CC(Sc2ccc(S(N)(=O)=O)cc2F)C1. The van der Waals surface area contributed by atoms with Crippen molar-refractivity contribution < 1.29 is 22.3 Å². The number of carbonyl (C=O) groups excluding carboxylic acids is 1. The molecule has 1 heterocycles. The first-order valence-corrected chi connectivity index (χ1v) is 9.35. The van der Waals surface area contributed by atoms with Gasteiger partial charge < -0.3 is 9.64 Å². The van der Waals surface area contributed by atoms with Gasteiger partial charge in [0.2, 0.25) is 10.0 Å². The Kier molecular flexibility index (Phi) is 4.93. The first kappa shape index (κ1) is 18.0. The molecule has 0 bridgehead atoms. The van der Waals surface area contributed by atoms with E-state index >= 15 is 0 Å². The summed E-state index contributed by atoms with van der Waals surface area (Å²) in [5.41, 5.74) is -0.551. The third-order valence-corrected chi connectivity index (χ3v) is 5.15. The van der Waals surface area contributed by atoms with Crippen LogP contribution < -0.4 is 5.14 Å². The molecule has 2 rings (SSSR count). The van der Waals surface area contributed by atoms with Crippen molar-refractivity contribution in [3.05, 3.63) is 24.0 Å². The van der Waals surface area contributed by atoms with Gasteiger partial charge in [0.15, 0.2) is 0 Å². The van der Waals surface area contributed by atoms with Gasteiger partial charge in [-0.2, -0.15) is 0 Å². The van der Waals surface area contributed by atoms with Crippen molar-refractivity contribution in [3.8, 4) is 0 Å². The molecule has 2 N–H and O–H groups in total. The Morgan fingerprint density at radius 2 is 2.00 bits per heavy atom. The fraction of sp³-hybridized carbons (Fsp3) is 0.500. The number of hydrogen-bond donors (Lipinski definition) is 1. The van der Waals surface area contributed by atoms with Crippen molar-refractivity contribution in [3.63, 3.8) is 0 Å². The Morgan fingerprint density at radius 1 is 1.39 bits per heavy atom. The predicted molar refractivity (Wildman–Crippen MR) is 85.2 cm³/mol. The highest BCUT2D eigenvalue weighted by molar-refractivity contribution is 8.00. The second-order valence-electron chi connectivity index (χ2n) is 6.26. The van der Waals surface area contributed by atoms with Gasteiger partial charge >= 0.3 is 6.09 Å². The lowest BCUT2D eigenvalue weighted by Crippen LogP contribution is -2.53. The Labute approximate surface area is 139 Å². The molecule has 1 aromatic carbocycles. The summed E-state index contributed by atoms with van der Waals surface area (Å²) >= 11 is 1.26. The molecular formula is C14H19FN2O4S2. The number of likely N-dealkylation sites (tertiary alicyclic amines) is 1.